The van der Waals surface area contributed by atoms with Crippen LogP contribution in [0.3, 0.4) is 0 Å². The van der Waals surface area contributed by atoms with Crippen LogP contribution in [-0.2, 0) is 6.54 Å². The summed E-state index contributed by atoms with van der Waals surface area (Å²) in [6.07, 6.45) is 0. The third-order valence-corrected chi connectivity index (χ3v) is 3.15. The number of benzene rings is 1. The molecule has 0 unspecified atom stereocenters. The summed E-state index contributed by atoms with van der Waals surface area (Å²) in [6.45, 7) is 10.5. The van der Waals surface area contributed by atoms with Crippen molar-refractivity contribution in [3.63, 3.8) is 0 Å². The number of hydrogen-bond acceptors (Lipinski definition) is 3. The molecule has 0 saturated carbocycles. The molecule has 0 atom stereocenters. The summed E-state index contributed by atoms with van der Waals surface area (Å²) in [4.78, 5) is 6.74. The molecule has 2 N–H and O–H groups in total. The molecule has 1 aromatic carbocycles. The van der Waals surface area contributed by atoms with Gasteiger partial charge in [0.2, 0.25) is 0 Å². The van der Waals surface area contributed by atoms with Crippen molar-refractivity contribution in [2.75, 3.05) is 40.3 Å². The summed E-state index contributed by atoms with van der Waals surface area (Å²) >= 11 is 0. The number of ether oxygens (including phenoxy) is 1. The second kappa shape index (κ2) is 10.9. The first-order chi connectivity index (χ1) is 11.0. The van der Waals surface area contributed by atoms with Crippen LogP contribution in [0.5, 0.6) is 5.75 Å². The summed E-state index contributed by atoms with van der Waals surface area (Å²) in [5.74, 6) is 2.35. The summed E-state index contributed by atoms with van der Waals surface area (Å²) in [6, 6.07) is 8.15. The zero-order valence-corrected chi connectivity index (χ0v) is 15.2. The highest BCUT2D eigenvalue weighted by molar-refractivity contribution is 5.79. The molecule has 0 aliphatic carbocycles. The highest BCUT2D eigenvalue weighted by atomic mass is 16.5. The van der Waals surface area contributed by atoms with Gasteiger partial charge in [0, 0.05) is 19.6 Å². The Balaban J connectivity index is 2.58. The number of guanidine groups is 1. The van der Waals surface area contributed by atoms with E-state index in [9.17, 15) is 0 Å². The van der Waals surface area contributed by atoms with Crippen LogP contribution in [0.15, 0.2) is 29.3 Å². The Morgan fingerprint density at radius 2 is 2.04 bits per heavy atom. The molecule has 1 aromatic rings. The SMILES string of the molecule is CCNC(=NCc1cccc(OCCN(C)C)c1)NCC(C)C. The van der Waals surface area contributed by atoms with Gasteiger partial charge < -0.3 is 20.3 Å². The maximum atomic E-state index is 5.77. The molecule has 0 aromatic heterocycles. The molecular weight excluding hydrogens is 288 g/mol. The molecule has 0 fully saturated rings. The number of likely N-dealkylation sites (N-methyl/N-ethyl adjacent to an activating group) is 1. The van der Waals surface area contributed by atoms with Gasteiger partial charge in [0.15, 0.2) is 5.96 Å². The van der Waals surface area contributed by atoms with Gasteiger partial charge in [0.05, 0.1) is 6.54 Å². The van der Waals surface area contributed by atoms with Gasteiger partial charge in [-0.1, -0.05) is 26.0 Å². The molecule has 0 bridgehead atoms. The molecule has 0 saturated heterocycles. The lowest BCUT2D eigenvalue weighted by Gasteiger charge is -2.13. The van der Waals surface area contributed by atoms with E-state index in [-0.39, 0.29) is 0 Å². The Morgan fingerprint density at radius 1 is 1.26 bits per heavy atom. The average Bonchev–Trinajstić information content (AvgIpc) is 2.50. The smallest absolute Gasteiger partial charge is 0.191 e. The van der Waals surface area contributed by atoms with E-state index in [1.54, 1.807) is 0 Å². The van der Waals surface area contributed by atoms with E-state index in [4.69, 9.17) is 4.74 Å². The van der Waals surface area contributed by atoms with Crippen molar-refractivity contribution >= 4 is 5.96 Å². The third-order valence-electron chi connectivity index (χ3n) is 3.15. The monoisotopic (exact) mass is 320 g/mol. The van der Waals surface area contributed by atoms with E-state index in [0.717, 1.165) is 36.9 Å². The largest absolute Gasteiger partial charge is 0.492 e. The third kappa shape index (κ3) is 9.08. The Labute approximate surface area is 141 Å². The van der Waals surface area contributed by atoms with Crippen molar-refractivity contribution in [2.45, 2.75) is 27.3 Å². The van der Waals surface area contributed by atoms with Crippen LogP contribution in [-0.4, -0.2) is 51.2 Å². The first-order valence-corrected chi connectivity index (χ1v) is 8.40. The Bertz CT molecular complexity index is 472. The van der Waals surface area contributed by atoms with E-state index in [0.29, 0.717) is 19.1 Å². The molecule has 23 heavy (non-hydrogen) atoms. The van der Waals surface area contributed by atoms with Crippen molar-refractivity contribution in [2.24, 2.45) is 10.9 Å². The molecule has 0 amide bonds. The normalized spacial score (nSPS) is 11.9. The lowest BCUT2D eigenvalue weighted by Crippen LogP contribution is -2.39. The average molecular weight is 320 g/mol. The van der Waals surface area contributed by atoms with Crippen molar-refractivity contribution in [1.29, 1.82) is 0 Å². The summed E-state index contributed by atoms with van der Waals surface area (Å²) in [7, 11) is 4.09. The summed E-state index contributed by atoms with van der Waals surface area (Å²) < 4.78 is 5.77. The van der Waals surface area contributed by atoms with Crippen LogP contribution in [0.25, 0.3) is 0 Å². The fourth-order valence-corrected chi connectivity index (χ4v) is 1.89. The Morgan fingerprint density at radius 3 is 2.70 bits per heavy atom. The first kappa shape index (κ1) is 19.3. The van der Waals surface area contributed by atoms with Gasteiger partial charge in [0.25, 0.3) is 0 Å². The van der Waals surface area contributed by atoms with E-state index in [1.807, 2.05) is 26.2 Å². The number of rotatable bonds is 9. The first-order valence-electron chi connectivity index (χ1n) is 8.40. The van der Waals surface area contributed by atoms with Gasteiger partial charge in [-0.25, -0.2) is 4.99 Å². The predicted octanol–water partition coefficient (Wildman–Crippen LogP) is 2.34. The van der Waals surface area contributed by atoms with Gasteiger partial charge >= 0.3 is 0 Å². The van der Waals surface area contributed by atoms with E-state index < -0.39 is 0 Å². The highest BCUT2D eigenvalue weighted by Crippen LogP contribution is 2.14. The molecular formula is C18H32N4O. The van der Waals surface area contributed by atoms with Crippen LogP contribution in [0.1, 0.15) is 26.3 Å². The number of nitrogens with one attached hydrogen (secondary N) is 2. The maximum absolute atomic E-state index is 5.77. The van der Waals surface area contributed by atoms with Crippen molar-refractivity contribution < 1.29 is 4.74 Å². The fraction of sp³-hybridized carbons (Fsp3) is 0.611. The number of hydrogen-bond donors (Lipinski definition) is 2. The molecule has 130 valence electrons. The predicted molar refractivity (Wildman–Crippen MR) is 98.1 cm³/mol. The zero-order chi connectivity index (χ0) is 17.1. The van der Waals surface area contributed by atoms with Crippen molar-refractivity contribution in [1.82, 2.24) is 15.5 Å². The molecule has 0 aliphatic rings. The quantitative estimate of drug-likeness (QED) is 0.542. The maximum Gasteiger partial charge on any atom is 0.191 e. The minimum absolute atomic E-state index is 0.590. The van der Waals surface area contributed by atoms with Crippen LogP contribution in [0.4, 0.5) is 0 Å². The zero-order valence-electron chi connectivity index (χ0n) is 15.2. The molecule has 0 aliphatic heterocycles. The molecule has 0 radical (unpaired) electrons. The van der Waals surface area contributed by atoms with Crippen molar-refractivity contribution in [3.05, 3.63) is 29.8 Å². The Kier molecular flexibility index (Phi) is 9.14. The summed E-state index contributed by atoms with van der Waals surface area (Å²) in [5, 5.41) is 6.63. The lowest BCUT2D eigenvalue weighted by molar-refractivity contribution is 0.261. The van der Waals surface area contributed by atoms with Crippen LogP contribution in [0, 0.1) is 5.92 Å². The molecule has 0 heterocycles. The van der Waals surface area contributed by atoms with E-state index in [2.05, 4.69) is 53.4 Å². The topological polar surface area (TPSA) is 48.9 Å². The van der Waals surface area contributed by atoms with Gasteiger partial charge in [0.1, 0.15) is 12.4 Å². The minimum atomic E-state index is 0.590. The van der Waals surface area contributed by atoms with Crippen molar-refractivity contribution in [3.8, 4) is 5.75 Å². The van der Waals surface area contributed by atoms with E-state index >= 15 is 0 Å². The summed E-state index contributed by atoms with van der Waals surface area (Å²) in [5.41, 5.74) is 1.15. The fourth-order valence-electron chi connectivity index (χ4n) is 1.89. The standard InChI is InChI=1S/C18H32N4O/c1-6-19-18(20-13-15(2)3)21-14-16-8-7-9-17(12-16)23-11-10-22(4)5/h7-9,12,15H,6,10-11,13-14H2,1-5H3,(H2,19,20,21). The van der Waals surface area contributed by atoms with Gasteiger partial charge in [-0.3, -0.25) is 0 Å². The van der Waals surface area contributed by atoms with Gasteiger partial charge in [-0.15, -0.1) is 0 Å². The minimum Gasteiger partial charge on any atom is -0.492 e. The second-order valence-electron chi connectivity index (χ2n) is 6.27. The highest BCUT2D eigenvalue weighted by Gasteiger charge is 2.01. The number of aliphatic imine (C=N–C) groups is 1. The van der Waals surface area contributed by atoms with Gasteiger partial charge in [-0.2, -0.15) is 0 Å². The van der Waals surface area contributed by atoms with Crippen LogP contribution in [0.2, 0.25) is 0 Å². The lowest BCUT2D eigenvalue weighted by atomic mass is 10.2. The van der Waals surface area contributed by atoms with Gasteiger partial charge in [-0.05, 0) is 44.6 Å². The molecule has 0 spiro atoms. The second-order valence-corrected chi connectivity index (χ2v) is 6.27. The molecule has 5 heteroatoms. The molecule has 5 nitrogen and oxygen atoms in total. The number of nitrogens with zero attached hydrogens (tertiary/aromatic N) is 2. The molecule has 1 rings (SSSR count). The van der Waals surface area contributed by atoms with E-state index in [1.165, 1.54) is 0 Å². The van der Waals surface area contributed by atoms with Crippen LogP contribution >= 0.6 is 0 Å². The van der Waals surface area contributed by atoms with Crippen LogP contribution < -0.4 is 15.4 Å². The Hall–Kier alpha value is -1.75.